The van der Waals surface area contributed by atoms with Crippen LogP contribution in [0.2, 0.25) is 0 Å². The average molecular weight is 267 g/mol. The summed E-state index contributed by atoms with van der Waals surface area (Å²) in [5, 5.41) is 3.42. The highest BCUT2D eigenvalue weighted by Crippen LogP contribution is 2.42. The normalized spacial score (nSPS) is 21.5. The zero-order valence-electron chi connectivity index (χ0n) is 11.0. The van der Waals surface area contributed by atoms with Crippen molar-refractivity contribution in [2.24, 2.45) is 0 Å². The second-order valence-electron chi connectivity index (χ2n) is 4.96. The minimum atomic E-state index is -0.334. The molecule has 0 aromatic heterocycles. The van der Waals surface area contributed by atoms with Gasteiger partial charge in [0.2, 0.25) is 6.79 Å². The van der Waals surface area contributed by atoms with Gasteiger partial charge in [0, 0.05) is 17.7 Å². The van der Waals surface area contributed by atoms with E-state index in [-0.39, 0.29) is 18.4 Å². The number of piperidine rings is 1. The molecule has 0 spiro atoms. The molecule has 4 nitrogen and oxygen atoms in total. The third-order valence-electron chi connectivity index (χ3n) is 3.74. The summed E-state index contributed by atoms with van der Waals surface area (Å²) in [5.41, 5.74) is 0.561. The van der Waals surface area contributed by atoms with E-state index < -0.39 is 0 Å². The molecule has 2 aliphatic heterocycles. The van der Waals surface area contributed by atoms with Gasteiger partial charge in [0.25, 0.3) is 0 Å². The number of ether oxygens (including phenoxy) is 3. The van der Waals surface area contributed by atoms with E-state index in [0.717, 1.165) is 13.0 Å². The van der Waals surface area contributed by atoms with E-state index in [9.17, 15) is 4.39 Å². The topological polar surface area (TPSA) is 39.7 Å². The fourth-order valence-corrected chi connectivity index (χ4v) is 2.74. The number of hydrogen-bond donors (Lipinski definition) is 1. The number of nitrogens with one attached hydrogen (secondary N) is 1. The van der Waals surface area contributed by atoms with Crippen LogP contribution >= 0.6 is 0 Å². The SMILES string of the molecule is COc1cc2c(c(CC3CCCCN3)c1F)OCO2. The van der Waals surface area contributed by atoms with Gasteiger partial charge in [-0.2, -0.15) is 0 Å². The van der Waals surface area contributed by atoms with Crippen LogP contribution in [0.1, 0.15) is 24.8 Å². The first kappa shape index (κ1) is 12.5. The summed E-state index contributed by atoms with van der Waals surface area (Å²) in [6.07, 6.45) is 4.04. The van der Waals surface area contributed by atoms with Gasteiger partial charge in [-0.25, -0.2) is 4.39 Å². The third kappa shape index (κ3) is 2.34. The molecule has 3 rings (SSSR count). The van der Waals surface area contributed by atoms with Crippen molar-refractivity contribution < 1.29 is 18.6 Å². The van der Waals surface area contributed by atoms with Crippen LogP contribution in [0.4, 0.5) is 4.39 Å². The number of fused-ring (bicyclic) bond motifs is 1. The number of hydrogen-bond acceptors (Lipinski definition) is 4. The molecule has 1 saturated heterocycles. The van der Waals surface area contributed by atoms with Gasteiger partial charge in [-0.05, 0) is 25.8 Å². The lowest BCUT2D eigenvalue weighted by Gasteiger charge is -2.24. The van der Waals surface area contributed by atoms with Crippen molar-refractivity contribution >= 4 is 0 Å². The van der Waals surface area contributed by atoms with Gasteiger partial charge in [0.1, 0.15) is 0 Å². The lowest BCUT2D eigenvalue weighted by molar-refractivity contribution is 0.172. The van der Waals surface area contributed by atoms with Gasteiger partial charge in [-0.15, -0.1) is 0 Å². The largest absolute Gasteiger partial charge is 0.494 e. The highest BCUT2D eigenvalue weighted by molar-refractivity contribution is 5.54. The van der Waals surface area contributed by atoms with Crippen molar-refractivity contribution in [1.29, 1.82) is 0 Å². The van der Waals surface area contributed by atoms with E-state index in [1.807, 2.05) is 0 Å². The van der Waals surface area contributed by atoms with Crippen molar-refractivity contribution in [2.45, 2.75) is 31.7 Å². The predicted octanol–water partition coefficient (Wildman–Crippen LogP) is 2.25. The summed E-state index contributed by atoms with van der Waals surface area (Å²) in [7, 11) is 1.46. The molecule has 2 heterocycles. The summed E-state index contributed by atoms with van der Waals surface area (Å²) in [6.45, 7) is 1.14. The Balaban J connectivity index is 1.92. The standard InChI is InChI=1S/C14H18FNO3/c1-17-11-7-12-14(19-8-18-12)10(13(11)15)6-9-4-2-3-5-16-9/h7,9,16H,2-6,8H2,1H3. The molecular formula is C14H18FNO3. The van der Waals surface area contributed by atoms with Crippen molar-refractivity contribution in [3.05, 3.63) is 17.4 Å². The molecule has 0 radical (unpaired) electrons. The van der Waals surface area contributed by atoms with E-state index in [1.165, 1.54) is 20.0 Å². The summed E-state index contributed by atoms with van der Waals surface area (Å²) >= 11 is 0. The van der Waals surface area contributed by atoms with Crippen LogP contribution < -0.4 is 19.5 Å². The number of benzene rings is 1. The Bertz CT molecular complexity index is 471. The average Bonchev–Trinajstić information content (AvgIpc) is 2.91. The first-order valence-electron chi connectivity index (χ1n) is 6.68. The molecule has 1 N–H and O–H groups in total. The molecule has 1 aromatic rings. The number of halogens is 1. The van der Waals surface area contributed by atoms with Crippen LogP contribution in [0.3, 0.4) is 0 Å². The van der Waals surface area contributed by atoms with Crippen LogP contribution in [-0.4, -0.2) is 26.5 Å². The minimum absolute atomic E-state index is 0.146. The monoisotopic (exact) mass is 267 g/mol. The Morgan fingerprint density at radius 2 is 2.32 bits per heavy atom. The number of rotatable bonds is 3. The van der Waals surface area contributed by atoms with Crippen molar-refractivity contribution in [1.82, 2.24) is 5.32 Å². The van der Waals surface area contributed by atoms with E-state index in [4.69, 9.17) is 14.2 Å². The molecular weight excluding hydrogens is 249 g/mol. The molecule has 2 aliphatic rings. The fraction of sp³-hybridized carbons (Fsp3) is 0.571. The summed E-state index contributed by atoms with van der Waals surface area (Å²) in [4.78, 5) is 0. The Morgan fingerprint density at radius 1 is 1.42 bits per heavy atom. The lowest BCUT2D eigenvalue weighted by Crippen LogP contribution is -2.35. The maximum atomic E-state index is 14.4. The van der Waals surface area contributed by atoms with E-state index in [1.54, 1.807) is 6.07 Å². The highest BCUT2D eigenvalue weighted by atomic mass is 19.1. The summed E-state index contributed by atoms with van der Waals surface area (Å²) < 4.78 is 30.2. The molecule has 0 bridgehead atoms. The van der Waals surface area contributed by atoms with Crippen LogP contribution in [0.15, 0.2) is 6.07 Å². The summed E-state index contributed by atoms with van der Waals surface area (Å²) in [5.74, 6) is 0.990. The van der Waals surface area contributed by atoms with Gasteiger partial charge in [-0.3, -0.25) is 0 Å². The smallest absolute Gasteiger partial charge is 0.231 e. The zero-order valence-corrected chi connectivity index (χ0v) is 11.0. The number of methoxy groups -OCH3 is 1. The third-order valence-corrected chi connectivity index (χ3v) is 3.74. The second kappa shape index (κ2) is 5.25. The van der Waals surface area contributed by atoms with E-state index in [2.05, 4.69) is 5.32 Å². The van der Waals surface area contributed by atoms with Gasteiger partial charge in [0.15, 0.2) is 23.1 Å². The van der Waals surface area contributed by atoms with Crippen LogP contribution in [0.25, 0.3) is 0 Å². The molecule has 0 amide bonds. The molecule has 0 saturated carbocycles. The molecule has 1 aromatic carbocycles. The van der Waals surface area contributed by atoms with Crippen molar-refractivity contribution in [3.63, 3.8) is 0 Å². The molecule has 19 heavy (non-hydrogen) atoms. The maximum Gasteiger partial charge on any atom is 0.231 e. The molecule has 1 atom stereocenters. The minimum Gasteiger partial charge on any atom is -0.494 e. The molecule has 1 unspecified atom stereocenters. The Hall–Kier alpha value is -1.49. The first-order chi connectivity index (χ1) is 9.29. The Kier molecular flexibility index (Phi) is 3.46. The fourth-order valence-electron chi connectivity index (χ4n) is 2.74. The molecule has 5 heteroatoms. The van der Waals surface area contributed by atoms with Crippen LogP contribution in [-0.2, 0) is 6.42 Å². The van der Waals surface area contributed by atoms with Crippen molar-refractivity contribution in [3.8, 4) is 17.2 Å². The van der Waals surface area contributed by atoms with Crippen LogP contribution in [0, 0.1) is 5.82 Å². The first-order valence-corrected chi connectivity index (χ1v) is 6.68. The van der Waals surface area contributed by atoms with Crippen LogP contribution in [0.5, 0.6) is 17.2 Å². The zero-order chi connectivity index (χ0) is 13.2. The quantitative estimate of drug-likeness (QED) is 0.911. The highest BCUT2D eigenvalue weighted by Gasteiger charge is 2.27. The van der Waals surface area contributed by atoms with E-state index in [0.29, 0.717) is 29.5 Å². The Morgan fingerprint density at radius 3 is 3.05 bits per heavy atom. The molecule has 0 aliphatic carbocycles. The van der Waals surface area contributed by atoms with Gasteiger partial charge >= 0.3 is 0 Å². The summed E-state index contributed by atoms with van der Waals surface area (Å²) in [6, 6.07) is 1.85. The lowest BCUT2D eigenvalue weighted by atomic mass is 9.96. The molecule has 1 fully saturated rings. The Labute approximate surface area is 111 Å². The van der Waals surface area contributed by atoms with Gasteiger partial charge in [-0.1, -0.05) is 6.42 Å². The van der Waals surface area contributed by atoms with Gasteiger partial charge < -0.3 is 19.5 Å². The molecule has 104 valence electrons. The van der Waals surface area contributed by atoms with Crippen molar-refractivity contribution in [2.75, 3.05) is 20.4 Å². The van der Waals surface area contributed by atoms with Gasteiger partial charge in [0.05, 0.1) is 7.11 Å². The second-order valence-corrected chi connectivity index (χ2v) is 4.96. The van der Waals surface area contributed by atoms with E-state index >= 15 is 0 Å². The maximum absolute atomic E-state index is 14.4. The predicted molar refractivity (Wildman–Crippen MR) is 68.4 cm³/mol.